The zero-order valence-corrected chi connectivity index (χ0v) is 9.13. The average Bonchev–Trinajstić information content (AvgIpc) is 1.78. The van der Waals surface area contributed by atoms with E-state index in [0.29, 0.717) is 4.75 Å². The third kappa shape index (κ3) is 13.3. The second kappa shape index (κ2) is 7.01. The van der Waals surface area contributed by atoms with Crippen LogP contribution in [0.1, 0.15) is 20.8 Å². The van der Waals surface area contributed by atoms with Crippen molar-refractivity contribution in [1.29, 1.82) is 0 Å². The highest BCUT2D eigenvalue weighted by Gasteiger charge is 2.10. The third-order valence-corrected chi connectivity index (χ3v) is 2.24. The highest BCUT2D eigenvalue weighted by molar-refractivity contribution is 8.00. The molecule has 0 heterocycles. The molecule has 0 fully saturated rings. The fourth-order valence-electron chi connectivity index (χ4n) is 0.495. The maximum atomic E-state index is 3.65. The molecule has 68 valence electrons. The normalized spacial score (nSPS) is 10.5. The first kappa shape index (κ1) is 13.9. The molecule has 0 amide bonds. The van der Waals surface area contributed by atoms with Gasteiger partial charge in [0.25, 0.3) is 0 Å². The number of quaternary nitrogens is 1. The fraction of sp³-hybridized carbons (Fsp3) is 0.750. The summed E-state index contributed by atoms with van der Waals surface area (Å²) in [7, 11) is 0. The summed E-state index contributed by atoms with van der Waals surface area (Å²) >= 11 is 1.97. The van der Waals surface area contributed by atoms with Crippen molar-refractivity contribution in [3.05, 3.63) is 12.7 Å². The van der Waals surface area contributed by atoms with E-state index in [-0.39, 0.29) is 12.4 Å². The number of hydrogen-bond donors (Lipinski definition) is 1. The van der Waals surface area contributed by atoms with Crippen LogP contribution < -0.4 is 17.7 Å². The molecule has 0 aromatic heterocycles. The molecule has 0 aliphatic carbocycles. The fourth-order valence-corrected chi connectivity index (χ4v) is 1.25. The van der Waals surface area contributed by atoms with Gasteiger partial charge in [-0.25, -0.2) is 0 Å². The lowest BCUT2D eigenvalue weighted by atomic mass is 10.3. The first-order valence-electron chi connectivity index (χ1n) is 3.63. The van der Waals surface area contributed by atoms with Crippen molar-refractivity contribution >= 4 is 11.8 Å². The monoisotopic (exact) mass is 195 g/mol. The Labute approximate surface area is 80.4 Å². The van der Waals surface area contributed by atoms with Gasteiger partial charge >= 0.3 is 0 Å². The smallest absolute Gasteiger partial charge is 0.123 e. The van der Waals surface area contributed by atoms with Gasteiger partial charge in [-0.1, -0.05) is 39.1 Å². The molecule has 0 aromatic carbocycles. The minimum atomic E-state index is 0. The Bertz CT molecular complexity index is 98.8. The number of thioether (sulfide) groups is 1. The molecule has 0 saturated heterocycles. The van der Waals surface area contributed by atoms with Crippen LogP contribution in [0.3, 0.4) is 0 Å². The van der Waals surface area contributed by atoms with Gasteiger partial charge in [0.2, 0.25) is 0 Å². The van der Waals surface area contributed by atoms with Crippen LogP contribution in [0.5, 0.6) is 0 Å². The molecule has 0 spiro atoms. The SMILES string of the molecule is C=CC[NH2+]CSC(C)(C)C.[Cl-]. The Balaban J connectivity index is 0. The first-order chi connectivity index (χ1) is 4.56. The standard InChI is InChI=1S/C8H17NS.ClH/c1-5-6-9-7-10-8(2,3)4;/h5,9H,1,6-7H2,2-4H3;1H. The predicted molar refractivity (Wildman–Crippen MR) is 49.2 cm³/mol. The Morgan fingerprint density at radius 3 is 2.36 bits per heavy atom. The summed E-state index contributed by atoms with van der Waals surface area (Å²) in [5, 5.41) is 2.25. The Hall–Kier alpha value is 0.340. The van der Waals surface area contributed by atoms with Gasteiger partial charge in [0.05, 0.1) is 6.54 Å². The number of hydrogen-bond acceptors (Lipinski definition) is 1. The maximum absolute atomic E-state index is 3.65. The second-order valence-electron chi connectivity index (χ2n) is 3.24. The van der Waals surface area contributed by atoms with Crippen LogP contribution in [0.4, 0.5) is 0 Å². The third-order valence-electron chi connectivity index (χ3n) is 0.968. The molecule has 0 bridgehead atoms. The molecule has 0 rings (SSSR count). The van der Waals surface area contributed by atoms with Crippen molar-refractivity contribution in [3.63, 3.8) is 0 Å². The van der Waals surface area contributed by atoms with Crippen molar-refractivity contribution in [1.82, 2.24) is 0 Å². The van der Waals surface area contributed by atoms with Crippen molar-refractivity contribution in [2.45, 2.75) is 25.5 Å². The molecule has 0 aliphatic heterocycles. The zero-order valence-electron chi connectivity index (χ0n) is 7.56. The number of rotatable bonds is 4. The van der Waals surface area contributed by atoms with E-state index >= 15 is 0 Å². The van der Waals surface area contributed by atoms with Gasteiger partial charge < -0.3 is 17.7 Å². The van der Waals surface area contributed by atoms with Crippen LogP contribution in [0.15, 0.2) is 12.7 Å². The number of halogens is 1. The summed E-state index contributed by atoms with van der Waals surface area (Å²) < 4.78 is 0.400. The summed E-state index contributed by atoms with van der Waals surface area (Å²) in [6.07, 6.45) is 1.93. The highest BCUT2D eigenvalue weighted by atomic mass is 35.5. The largest absolute Gasteiger partial charge is 1.00 e. The Morgan fingerprint density at radius 2 is 2.00 bits per heavy atom. The molecule has 2 N–H and O–H groups in total. The Kier molecular flexibility index (Phi) is 8.86. The molecule has 0 unspecified atom stereocenters. The minimum Gasteiger partial charge on any atom is -1.00 e. The topological polar surface area (TPSA) is 16.6 Å². The summed E-state index contributed by atoms with van der Waals surface area (Å²) in [5.74, 6) is 1.13. The van der Waals surface area contributed by atoms with E-state index in [1.165, 1.54) is 0 Å². The first-order valence-corrected chi connectivity index (χ1v) is 4.61. The maximum Gasteiger partial charge on any atom is 0.123 e. The molecule has 0 aliphatic rings. The van der Waals surface area contributed by atoms with Crippen molar-refractivity contribution in [2.75, 3.05) is 12.4 Å². The molecular formula is C8H18ClNS. The van der Waals surface area contributed by atoms with E-state index in [1.807, 2.05) is 17.8 Å². The van der Waals surface area contributed by atoms with Gasteiger partial charge in [0.15, 0.2) is 0 Å². The Morgan fingerprint density at radius 1 is 1.45 bits per heavy atom. The van der Waals surface area contributed by atoms with Gasteiger partial charge in [-0.3, -0.25) is 0 Å². The summed E-state index contributed by atoms with van der Waals surface area (Å²) in [4.78, 5) is 0. The second-order valence-corrected chi connectivity index (χ2v) is 5.08. The van der Waals surface area contributed by atoms with E-state index < -0.39 is 0 Å². The predicted octanol–water partition coefficient (Wildman–Crippen LogP) is -1.77. The van der Waals surface area contributed by atoms with Crippen LogP contribution in [-0.4, -0.2) is 17.2 Å². The van der Waals surface area contributed by atoms with Gasteiger partial charge in [-0.05, 0) is 6.08 Å². The molecule has 11 heavy (non-hydrogen) atoms. The lowest BCUT2D eigenvalue weighted by Gasteiger charge is -2.15. The van der Waals surface area contributed by atoms with Crippen molar-refractivity contribution < 1.29 is 17.7 Å². The van der Waals surface area contributed by atoms with Crippen LogP contribution in [-0.2, 0) is 0 Å². The van der Waals surface area contributed by atoms with Crippen molar-refractivity contribution in [2.24, 2.45) is 0 Å². The molecule has 0 aromatic rings. The van der Waals surface area contributed by atoms with Crippen LogP contribution in [0.25, 0.3) is 0 Å². The van der Waals surface area contributed by atoms with E-state index in [0.717, 1.165) is 12.4 Å². The van der Waals surface area contributed by atoms with Crippen LogP contribution >= 0.6 is 11.8 Å². The molecule has 0 radical (unpaired) electrons. The summed E-state index contributed by atoms with van der Waals surface area (Å²) in [6.45, 7) is 11.4. The average molecular weight is 196 g/mol. The lowest BCUT2D eigenvalue weighted by Crippen LogP contribution is -3.00. The van der Waals surface area contributed by atoms with Crippen molar-refractivity contribution in [3.8, 4) is 0 Å². The van der Waals surface area contributed by atoms with Crippen LogP contribution in [0, 0.1) is 0 Å². The van der Waals surface area contributed by atoms with E-state index in [1.54, 1.807) is 0 Å². The van der Waals surface area contributed by atoms with Gasteiger partial charge in [-0.2, -0.15) is 0 Å². The zero-order chi connectivity index (χ0) is 8.04. The van der Waals surface area contributed by atoms with E-state index in [4.69, 9.17) is 0 Å². The number of nitrogens with two attached hydrogens (primary N) is 1. The van der Waals surface area contributed by atoms with Crippen LogP contribution in [0.2, 0.25) is 0 Å². The molecular weight excluding hydrogens is 178 g/mol. The molecule has 0 atom stereocenters. The molecule has 3 heteroatoms. The van der Waals surface area contributed by atoms with Gasteiger partial charge in [-0.15, -0.1) is 0 Å². The van der Waals surface area contributed by atoms with E-state index in [2.05, 4.69) is 32.7 Å². The summed E-state index contributed by atoms with van der Waals surface area (Å²) in [6, 6.07) is 0. The van der Waals surface area contributed by atoms with Gasteiger partial charge in [0, 0.05) is 4.75 Å². The molecule has 0 saturated carbocycles. The quantitative estimate of drug-likeness (QED) is 0.319. The summed E-state index contributed by atoms with van der Waals surface area (Å²) in [5.41, 5.74) is 0. The highest BCUT2D eigenvalue weighted by Crippen LogP contribution is 2.20. The van der Waals surface area contributed by atoms with Gasteiger partial charge in [0.1, 0.15) is 5.88 Å². The van der Waals surface area contributed by atoms with E-state index in [9.17, 15) is 0 Å². The lowest BCUT2D eigenvalue weighted by molar-refractivity contribution is -0.627. The molecule has 1 nitrogen and oxygen atoms in total. The minimum absolute atomic E-state index is 0.